The maximum Gasteiger partial charge on any atom is 0.235 e. The summed E-state index contributed by atoms with van der Waals surface area (Å²) in [6.07, 6.45) is 2.33. The highest BCUT2D eigenvalue weighted by Crippen LogP contribution is 2.25. The monoisotopic (exact) mass is 185 g/mol. The molecular formula is C9H19N3O. The minimum Gasteiger partial charge on any atom is -0.368 e. The van der Waals surface area contributed by atoms with Crippen LogP contribution in [0.15, 0.2) is 0 Å². The van der Waals surface area contributed by atoms with Crippen LogP contribution in [0.3, 0.4) is 0 Å². The summed E-state index contributed by atoms with van der Waals surface area (Å²) in [6, 6.07) is -0.280. The van der Waals surface area contributed by atoms with Gasteiger partial charge in [-0.15, -0.1) is 0 Å². The van der Waals surface area contributed by atoms with Gasteiger partial charge in [-0.05, 0) is 33.6 Å². The van der Waals surface area contributed by atoms with E-state index < -0.39 is 0 Å². The van der Waals surface area contributed by atoms with E-state index in [9.17, 15) is 4.79 Å². The van der Waals surface area contributed by atoms with Crippen LogP contribution in [-0.4, -0.2) is 29.0 Å². The lowest BCUT2D eigenvalue weighted by Gasteiger charge is -2.33. The highest BCUT2D eigenvalue weighted by atomic mass is 16.1. The summed E-state index contributed by atoms with van der Waals surface area (Å²) in [5, 5.41) is 2.11. The van der Waals surface area contributed by atoms with E-state index >= 15 is 0 Å². The quantitative estimate of drug-likeness (QED) is 0.662. The van der Waals surface area contributed by atoms with E-state index in [2.05, 4.69) is 24.3 Å². The van der Waals surface area contributed by atoms with Gasteiger partial charge >= 0.3 is 0 Å². The SMILES string of the molecule is CC(NN1CCCC1(C)C)C(N)=O. The molecule has 4 nitrogen and oxygen atoms in total. The molecule has 0 aliphatic carbocycles. The average Bonchev–Trinajstić information content (AvgIpc) is 2.30. The van der Waals surface area contributed by atoms with E-state index in [1.54, 1.807) is 6.92 Å². The summed E-state index contributed by atoms with van der Waals surface area (Å²) in [5.41, 5.74) is 8.44. The fourth-order valence-electron chi connectivity index (χ4n) is 1.64. The van der Waals surface area contributed by atoms with Crippen molar-refractivity contribution in [2.45, 2.75) is 45.2 Å². The predicted octanol–water partition coefficient (Wildman–Crippen LogP) is 0.239. The van der Waals surface area contributed by atoms with E-state index in [4.69, 9.17) is 5.73 Å². The smallest absolute Gasteiger partial charge is 0.235 e. The molecule has 76 valence electrons. The molecule has 1 amide bonds. The van der Waals surface area contributed by atoms with E-state index in [1.165, 1.54) is 6.42 Å². The van der Waals surface area contributed by atoms with Crippen LogP contribution in [0.1, 0.15) is 33.6 Å². The summed E-state index contributed by atoms with van der Waals surface area (Å²) in [4.78, 5) is 10.8. The third-order valence-electron chi connectivity index (χ3n) is 2.68. The van der Waals surface area contributed by atoms with Gasteiger partial charge < -0.3 is 5.73 Å². The Morgan fingerprint density at radius 2 is 2.23 bits per heavy atom. The third-order valence-corrected chi connectivity index (χ3v) is 2.68. The topological polar surface area (TPSA) is 58.4 Å². The highest BCUT2D eigenvalue weighted by molar-refractivity contribution is 5.79. The molecule has 0 aromatic carbocycles. The second-order valence-electron chi connectivity index (χ2n) is 4.32. The van der Waals surface area contributed by atoms with E-state index in [1.807, 2.05) is 0 Å². The van der Waals surface area contributed by atoms with Crippen LogP contribution in [0.4, 0.5) is 0 Å². The van der Waals surface area contributed by atoms with Gasteiger partial charge in [0.1, 0.15) is 0 Å². The first-order valence-electron chi connectivity index (χ1n) is 4.76. The van der Waals surface area contributed by atoms with Crippen molar-refractivity contribution >= 4 is 5.91 Å². The fraction of sp³-hybridized carbons (Fsp3) is 0.889. The first-order chi connectivity index (χ1) is 5.93. The number of carbonyl (C=O) groups excluding carboxylic acids is 1. The molecule has 0 saturated carbocycles. The maximum absolute atomic E-state index is 10.8. The molecule has 0 aromatic heterocycles. The van der Waals surface area contributed by atoms with Crippen molar-refractivity contribution in [3.8, 4) is 0 Å². The lowest BCUT2D eigenvalue weighted by Crippen LogP contribution is -2.54. The summed E-state index contributed by atoms with van der Waals surface area (Å²) in [7, 11) is 0. The molecule has 4 heteroatoms. The zero-order valence-corrected chi connectivity index (χ0v) is 8.63. The molecule has 1 saturated heterocycles. The minimum atomic E-state index is -0.303. The molecule has 1 aliphatic heterocycles. The van der Waals surface area contributed by atoms with Crippen LogP contribution in [0.25, 0.3) is 0 Å². The summed E-state index contributed by atoms with van der Waals surface area (Å²) < 4.78 is 0. The maximum atomic E-state index is 10.8. The van der Waals surface area contributed by atoms with Gasteiger partial charge in [0.05, 0.1) is 6.04 Å². The molecular weight excluding hydrogens is 166 g/mol. The molecule has 0 bridgehead atoms. The number of nitrogens with one attached hydrogen (secondary N) is 1. The largest absolute Gasteiger partial charge is 0.368 e. The number of hydrogen-bond donors (Lipinski definition) is 2. The number of carbonyl (C=O) groups is 1. The zero-order chi connectivity index (χ0) is 10.1. The molecule has 0 spiro atoms. The number of nitrogens with two attached hydrogens (primary N) is 1. The van der Waals surface area contributed by atoms with E-state index in [0.29, 0.717) is 0 Å². The predicted molar refractivity (Wildman–Crippen MR) is 51.8 cm³/mol. The number of rotatable bonds is 3. The highest BCUT2D eigenvalue weighted by Gasteiger charge is 2.33. The van der Waals surface area contributed by atoms with Crippen LogP contribution < -0.4 is 11.2 Å². The Morgan fingerprint density at radius 1 is 1.62 bits per heavy atom. The van der Waals surface area contributed by atoms with Gasteiger partial charge in [0.2, 0.25) is 5.91 Å². The summed E-state index contributed by atoms with van der Waals surface area (Å²) in [5.74, 6) is -0.303. The van der Waals surface area contributed by atoms with Crippen LogP contribution >= 0.6 is 0 Å². The van der Waals surface area contributed by atoms with Gasteiger partial charge in [-0.2, -0.15) is 0 Å². The Morgan fingerprint density at radius 3 is 2.62 bits per heavy atom. The van der Waals surface area contributed by atoms with Crippen molar-refractivity contribution in [2.75, 3.05) is 6.54 Å². The molecule has 1 unspecified atom stereocenters. The van der Waals surface area contributed by atoms with Gasteiger partial charge in [-0.3, -0.25) is 4.79 Å². The standard InChI is InChI=1S/C9H19N3O/c1-7(8(10)13)11-12-6-4-5-9(12,2)3/h7,11H,4-6H2,1-3H3,(H2,10,13). The molecule has 1 rings (SSSR count). The van der Waals surface area contributed by atoms with Crippen molar-refractivity contribution in [3.05, 3.63) is 0 Å². The molecule has 1 heterocycles. The number of nitrogens with zero attached hydrogens (tertiary/aromatic N) is 1. The summed E-state index contributed by atoms with van der Waals surface area (Å²) >= 11 is 0. The van der Waals surface area contributed by atoms with Crippen molar-refractivity contribution in [1.29, 1.82) is 0 Å². The Hall–Kier alpha value is -0.610. The van der Waals surface area contributed by atoms with Crippen molar-refractivity contribution in [2.24, 2.45) is 5.73 Å². The average molecular weight is 185 g/mol. The van der Waals surface area contributed by atoms with Crippen LogP contribution in [-0.2, 0) is 4.79 Å². The Kier molecular flexibility index (Phi) is 2.93. The number of amides is 1. The minimum absolute atomic E-state index is 0.143. The lowest BCUT2D eigenvalue weighted by atomic mass is 10.0. The molecule has 1 fully saturated rings. The van der Waals surface area contributed by atoms with E-state index in [-0.39, 0.29) is 17.5 Å². The van der Waals surface area contributed by atoms with Gasteiger partial charge in [-0.1, -0.05) is 0 Å². The van der Waals surface area contributed by atoms with Crippen LogP contribution in [0.2, 0.25) is 0 Å². The molecule has 0 aromatic rings. The number of hydrazine groups is 1. The van der Waals surface area contributed by atoms with Gasteiger partial charge in [0, 0.05) is 12.1 Å². The van der Waals surface area contributed by atoms with Crippen LogP contribution in [0, 0.1) is 0 Å². The number of hydrogen-bond acceptors (Lipinski definition) is 3. The zero-order valence-electron chi connectivity index (χ0n) is 8.63. The molecule has 3 N–H and O–H groups in total. The third kappa shape index (κ3) is 2.42. The van der Waals surface area contributed by atoms with Crippen molar-refractivity contribution in [1.82, 2.24) is 10.4 Å². The Labute approximate surface area is 79.4 Å². The normalized spacial score (nSPS) is 24.5. The van der Waals surface area contributed by atoms with Gasteiger partial charge in [-0.25, -0.2) is 10.4 Å². The molecule has 1 aliphatic rings. The lowest BCUT2D eigenvalue weighted by molar-refractivity contribution is -0.121. The van der Waals surface area contributed by atoms with E-state index in [0.717, 1.165) is 13.0 Å². The van der Waals surface area contributed by atoms with Crippen LogP contribution in [0.5, 0.6) is 0 Å². The molecule has 1 atom stereocenters. The van der Waals surface area contributed by atoms with Crippen molar-refractivity contribution in [3.63, 3.8) is 0 Å². The van der Waals surface area contributed by atoms with Crippen molar-refractivity contribution < 1.29 is 4.79 Å². The molecule has 13 heavy (non-hydrogen) atoms. The second kappa shape index (κ2) is 3.64. The summed E-state index contributed by atoms with van der Waals surface area (Å²) in [6.45, 7) is 7.11. The Balaban J connectivity index is 2.49. The number of primary amides is 1. The Bertz CT molecular complexity index is 203. The first-order valence-corrected chi connectivity index (χ1v) is 4.76. The molecule has 0 radical (unpaired) electrons. The second-order valence-corrected chi connectivity index (χ2v) is 4.32. The first kappa shape index (κ1) is 10.5. The van der Waals surface area contributed by atoms with Gasteiger partial charge in [0.15, 0.2) is 0 Å². The van der Waals surface area contributed by atoms with Gasteiger partial charge in [0.25, 0.3) is 0 Å². The fourth-order valence-corrected chi connectivity index (χ4v) is 1.64.